The first-order chi connectivity index (χ1) is 7.75. The van der Waals surface area contributed by atoms with Crippen molar-refractivity contribution in [2.45, 2.75) is 44.9 Å². The van der Waals surface area contributed by atoms with Crippen molar-refractivity contribution >= 4 is 5.91 Å². The molecule has 0 saturated heterocycles. The Morgan fingerprint density at radius 1 is 1.31 bits per heavy atom. The fourth-order valence-corrected chi connectivity index (χ4v) is 2.14. The number of hydrogen-bond donors (Lipinski definition) is 1. The van der Waals surface area contributed by atoms with Gasteiger partial charge in [-0.3, -0.25) is 4.79 Å². The molecule has 0 aliphatic heterocycles. The molecule has 1 N–H and O–H groups in total. The minimum absolute atomic E-state index is 0.132. The molecule has 16 heavy (non-hydrogen) atoms. The smallest absolute Gasteiger partial charge is 0.240 e. The molecular weight excluding hydrogens is 200 g/mol. The SMILES string of the molecule is C#CCCNC(=O)C1(C#N)CCCCCC1. The molecule has 1 saturated carbocycles. The maximum Gasteiger partial charge on any atom is 0.240 e. The van der Waals surface area contributed by atoms with Gasteiger partial charge in [-0.1, -0.05) is 25.7 Å². The standard InChI is InChI=1S/C13H18N2O/c1-2-3-10-15-12(16)13(11-14)8-6-4-5-7-9-13/h1H,3-10H2,(H,15,16). The highest BCUT2D eigenvalue weighted by atomic mass is 16.2. The summed E-state index contributed by atoms with van der Waals surface area (Å²) in [7, 11) is 0. The number of terminal acetylenes is 1. The number of carbonyl (C=O) groups is 1. The number of nitrogens with one attached hydrogen (secondary N) is 1. The summed E-state index contributed by atoms with van der Waals surface area (Å²) in [5.74, 6) is 2.34. The van der Waals surface area contributed by atoms with Crippen LogP contribution in [0.5, 0.6) is 0 Å². The Balaban J connectivity index is 2.60. The van der Waals surface area contributed by atoms with Crippen LogP contribution in [0, 0.1) is 29.1 Å². The third kappa shape index (κ3) is 3.00. The Kier molecular flexibility index (Phi) is 4.86. The van der Waals surface area contributed by atoms with Gasteiger partial charge in [0.25, 0.3) is 0 Å². The van der Waals surface area contributed by atoms with Gasteiger partial charge in [-0.2, -0.15) is 5.26 Å². The molecule has 0 aromatic heterocycles. The van der Waals surface area contributed by atoms with Gasteiger partial charge in [-0.15, -0.1) is 12.3 Å². The second-order valence-electron chi connectivity index (χ2n) is 4.32. The molecule has 0 spiro atoms. The zero-order chi connectivity index (χ0) is 11.9. The lowest BCUT2D eigenvalue weighted by Crippen LogP contribution is -2.40. The Morgan fingerprint density at radius 3 is 2.44 bits per heavy atom. The molecule has 3 heteroatoms. The molecule has 0 aromatic rings. The van der Waals surface area contributed by atoms with Gasteiger partial charge >= 0.3 is 0 Å². The van der Waals surface area contributed by atoms with E-state index in [1.165, 1.54) is 0 Å². The van der Waals surface area contributed by atoms with E-state index < -0.39 is 5.41 Å². The molecule has 0 unspecified atom stereocenters. The van der Waals surface area contributed by atoms with Crippen molar-refractivity contribution in [3.63, 3.8) is 0 Å². The molecule has 0 aromatic carbocycles. The Morgan fingerprint density at radius 2 is 1.94 bits per heavy atom. The Labute approximate surface area is 97.2 Å². The van der Waals surface area contributed by atoms with Gasteiger partial charge in [0, 0.05) is 13.0 Å². The summed E-state index contributed by atoms with van der Waals surface area (Å²) in [6.07, 6.45) is 11.2. The first kappa shape index (κ1) is 12.6. The highest BCUT2D eigenvalue weighted by Crippen LogP contribution is 2.34. The highest BCUT2D eigenvalue weighted by Gasteiger charge is 2.38. The van der Waals surface area contributed by atoms with Crippen LogP contribution in [0.2, 0.25) is 0 Å². The van der Waals surface area contributed by atoms with E-state index >= 15 is 0 Å². The van der Waals surface area contributed by atoms with Crippen LogP contribution >= 0.6 is 0 Å². The van der Waals surface area contributed by atoms with Crippen molar-refractivity contribution in [1.82, 2.24) is 5.32 Å². The second-order valence-corrected chi connectivity index (χ2v) is 4.32. The molecule has 0 bridgehead atoms. The average Bonchev–Trinajstić information content (AvgIpc) is 2.55. The second kappa shape index (κ2) is 6.18. The van der Waals surface area contributed by atoms with Crippen LogP contribution in [-0.4, -0.2) is 12.5 Å². The van der Waals surface area contributed by atoms with Crippen LogP contribution in [0.15, 0.2) is 0 Å². The predicted molar refractivity (Wildman–Crippen MR) is 62.2 cm³/mol. The van der Waals surface area contributed by atoms with E-state index in [-0.39, 0.29) is 5.91 Å². The summed E-state index contributed by atoms with van der Waals surface area (Å²) in [5, 5.41) is 12.0. The molecule has 1 rings (SSSR count). The summed E-state index contributed by atoms with van der Waals surface area (Å²) < 4.78 is 0. The minimum Gasteiger partial charge on any atom is -0.354 e. The quantitative estimate of drug-likeness (QED) is 0.447. The number of hydrogen-bond acceptors (Lipinski definition) is 2. The van der Waals surface area contributed by atoms with Crippen LogP contribution in [0.4, 0.5) is 0 Å². The highest BCUT2D eigenvalue weighted by molar-refractivity contribution is 5.85. The maximum atomic E-state index is 12.0. The molecule has 1 fully saturated rings. The van der Waals surface area contributed by atoms with Crippen LogP contribution in [0.25, 0.3) is 0 Å². The van der Waals surface area contributed by atoms with Gasteiger partial charge in [0.05, 0.1) is 6.07 Å². The zero-order valence-corrected chi connectivity index (χ0v) is 9.59. The summed E-state index contributed by atoms with van der Waals surface area (Å²) in [6, 6.07) is 2.22. The number of nitriles is 1. The maximum absolute atomic E-state index is 12.0. The van der Waals surface area contributed by atoms with E-state index in [1.807, 2.05) is 0 Å². The van der Waals surface area contributed by atoms with Crippen molar-refractivity contribution in [1.29, 1.82) is 5.26 Å². The fraction of sp³-hybridized carbons (Fsp3) is 0.692. The van der Waals surface area contributed by atoms with Crippen molar-refractivity contribution < 1.29 is 4.79 Å². The van der Waals surface area contributed by atoms with Crippen LogP contribution < -0.4 is 5.32 Å². The van der Waals surface area contributed by atoms with Gasteiger partial charge in [-0.25, -0.2) is 0 Å². The fourth-order valence-electron chi connectivity index (χ4n) is 2.14. The van der Waals surface area contributed by atoms with Crippen LogP contribution in [0.3, 0.4) is 0 Å². The van der Waals surface area contributed by atoms with E-state index in [2.05, 4.69) is 17.3 Å². The number of carbonyl (C=O) groups excluding carboxylic acids is 1. The molecule has 3 nitrogen and oxygen atoms in total. The Hall–Kier alpha value is -1.48. The topological polar surface area (TPSA) is 52.9 Å². The molecule has 0 heterocycles. The van der Waals surface area contributed by atoms with Crippen molar-refractivity contribution in [2.75, 3.05) is 6.54 Å². The van der Waals surface area contributed by atoms with E-state index in [1.54, 1.807) is 0 Å². The van der Waals surface area contributed by atoms with Gasteiger partial charge in [0.2, 0.25) is 5.91 Å². The number of amides is 1. The number of rotatable bonds is 3. The molecule has 0 radical (unpaired) electrons. The van der Waals surface area contributed by atoms with Crippen LogP contribution in [-0.2, 0) is 4.79 Å². The van der Waals surface area contributed by atoms with Crippen molar-refractivity contribution in [3.05, 3.63) is 0 Å². The predicted octanol–water partition coefficient (Wildman–Crippen LogP) is 1.99. The lowest BCUT2D eigenvalue weighted by molar-refractivity contribution is -0.128. The van der Waals surface area contributed by atoms with Crippen molar-refractivity contribution in [3.8, 4) is 18.4 Å². The first-order valence-corrected chi connectivity index (χ1v) is 5.88. The summed E-state index contributed by atoms with van der Waals surface area (Å²) in [6.45, 7) is 0.471. The van der Waals surface area contributed by atoms with Gasteiger partial charge in [0.1, 0.15) is 5.41 Å². The normalized spacial score (nSPS) is 18.9. The molecule has 86 valence electrons. The average molecular weight is 218 g/mol. The molecular formula is C13H18N2O. The third-order valence-electron chi connectivity index (χ3n) is 3.16. The lowest BCUT2D eigenvalue weighted by atomic mass is 9.81. The van der Waals surface area contributed by atoms with Gasteiger partial charge in [-0.05, 0) is 12.8 Å². The zero-order valence-electron chi connectivity index (χ0n) is 9.59. The van der Waals surface area contributed by atoms with E-state index in [4.69, 9.17) is 6.42 Å². The van der Waals surface area contributed by atoms with Crippen LogP contribution in [0.1, 0.15) is 44.9 Å². The summed E-state index contributed by atoms with van der Waals surface area (Å²) in [5.41, 5.74) is -0.800. The van der Waals surface area contributed by atoms with Gasteiger partial charge < -0.3 is 5.32 Å². The van der Waals surface area contributed by atoms with Crippen molar-refractivity contribution in [2.24, 2.45) is 5.41 Å². The molecule has 1 aliphatic rings. The number of nitrogens with zero attached hydrogens (tertiary/aromatic N) is 1. The summed E-state index contributed by atoms with van der Waals surface area (Å²) >= 11 is 0. The minimum atomic E-state index is -0.800. The Bertz CT molecular complexity index is 314. The largest absolute Gasteiger partial charge is 0.354 e. The molecule has 1 amide bonds. The molecule has 1 aliphatic carbocycles. The monoisotopic (exact) mass is 218 g/mol. The lowest BCUT2D eigenvalue weighted by Gasteiger charge is -2.23. The molecule has 0 atom stereocenters. The van der Waals surface area contributed by atoms with Gasteiger partial charge in [0.15, 0.2) is 0 Å². The first-order valence-electron chi connectivity index (χ1n) is 5.88. The van der Waals surface area contributed by atoms with E-state index in [0.717, 1.165) is 25.7 Å². The third-order valence-corrected chi connectivity index (χ3v) is 3.16. The van der Waals surface area contributed by atoms with E-state index in [0.29, 0.717) is 25.8 Å². The summed E-state index contributed by atoms with van der Waals surface area (Å²) in [4.78, 5) is 12.0. The van der Waals surface area contributed by atoms with E-state index in [9.17, 15) is 10.1 Å².